The molecular weight excluding hydrogens is 320 g/mol. The summed E-state index contributed by atoms with van der Waals surface area (Å²) in [6.07, 6.45) is 0. The predicted molar refractivity (Wildman–Crippen MR) is 71.4 cm³/mol. The Hall–Kier alpha value is -0.370. The Bertz CT molecular complexity index is 530. The molecule has 5 nitrogen and oxygen atoms in total. The molecule has 102 valence electrons. The highest BCUT2D eigenvalue weighted by Crippen LogP contribution is 2.33. The maximum Gasteiger partial charge on any atom is 0.247 e. The van der Waals surface area contributed by atoms with Crippen molar-refractivity contribution in [1.82, 2.24) is 4.31 Å². The Labute approximate surface area is 116 Å². The monoisotopic (exact) mass is 336 g/mol. The average molecular weight is 337 g/mol. The van der Waals surface area contributed by atoms with Crippen molar-refractivity contribution in [2.24, 2.45) is 17.6 Å². The summed E-state index contributed by atoms with van der Waals surface area (Å²) in [6, 6.07) is 1.49. The normalized spacial score (nSPS) is 25.8. The molecule has 1 aromatic rings. The fourth-order valence-electron chi connectivity index (χ4n) is 2.09. The van der Waals surface area contributed by atoms with Crippen LogP contribution in [0.4, 0.5) is 0 Å². The van der Waals surface area contributed by atoms with Crippen LogP contribution in [0.2, 0.25) is 0 Å². The first-order valence-corrected chi connectivity index (χ1v) is 8.08. The molecule has 0 spiro atoms. The van der Waals surface area contributed by atoms with E-state index in [2.05, 4.69) is 29.8 Å². The van der Waals surface area contributed by atoms with Crippen molar-refractivity contribution in [2.75, 3.05) is 13.1 Å². The zero-order valence-corrected chi connectivity index (χ0v) is 12.8. The molecular formula is C11H17BrN2O3S. The van der Waals surface area contributed by atoms with E-state index in [1.807, 2.05) is 0 Å². The van der Waals surface area contributed by atoms with Gasteiger partial charge in [0.25, 0.3) is 0 Å². The first-order chi connectivity index (χ1) is 8.36. The van der Waals surface area contributed by atoms with Gasteiger partial charge in [0.05, 0.1) is 6.54 Å². The second-order valence-electron chi connectivity index (χ2n) is 4.83. The molecule has 1 aliphatic heterocycles. The Kier molecular flexibility index (Phi) is 3.87. The quantitative estimate of drug-likeness (QED) is 0.912. The Balaban J connectivity index is 2.34. The number of furan rings is 1. The van der Waals surface area contributed by atoms with E-state index >= 15 is 0 Å². The molecule has 2 rings (SSSR count). The van der Waals surface area contributed by atoms with Gasteiger partial charge in [0.15, 0.2) is 4.67 Å². The molecule has 0 aliphatic carbocycles. The lowest BCUT2D eigenvalue weighted by atomic mass is 10.0. The van der Waals surface area contributed by atoms with E-state index in [1.54, 1.807) is 0 Å². The molecule has 0 saturated carbocycles. The Morgan fingerprint density at radius 1 is 1.44 bits per heavy atom. The van der Waals surface area contributed by atoms with E-state index < -0.39 is 10.0 Å². The van der Waals surface area contributed by atoms with Gasteiger partial charge in [-0.05, 0) is 27.8 Å². The third-order valence-electron chi connectivity index (χ3n) is 3.48. The fourth-order valence-corrected chi connectivity index (χ4v) is 4.69. The standard InChI is InChI=1S/C11H17BrN2O3S/c1-7-5-14(6-8(7)2)18(15,16)10-3-9(4-13)17-11(10)12/h3,7-8H,4-6,13H2,1-2H3. The molecule has 2 N–H and O–H groups in total. The first-order valence-electron chi connectivity index (χ1n) is 5.84. The van der Waals surface area contributed by atoms with E-state index in [4.69, 9.17) is 10.2 Å². The van der Waals surface area contributed by atoms with Crippen LogP contribution in [0.1, 0.15) is 19.6 Å². The molecule has 1 aromatic heterocycles. The van der Waals surface area contributed by atoms with Gasteiger partial charge in [0.2, 0.25) is 10.0 Å². The molecule has 1 fully saturated rings. The van der Waals surface area contributed by atoms with E-state index in [9.17, 15) is 8.42 Å². The summed E-state index contributed by atoms with van der Waals surface area (Å²) in [5.41, 5.74) is 5.45. The maximum absolute atomic E-state index is 12.5. The molecule has 2 atom stereocenters. The molecule has 2 heterocycles. The van der Waals surface area contributed by atoms with Gasteiger partial charge in [0, 0.05) is 19.2 Å². The first kappa shape index (κ1) is 14.0. The highest BCUT2D eigenvalue weighted by molar-refractivity contribution is 9.10. The molecule has 0 aromatic carbocycles. The molecule has 18 heavy (non-hydrogen) atoms. The third-order valence-corrected chi connectivity index (χ3v) is 6.17. The lowest BCUT2D eigenvalue weighted by Gasteiger charge is -2.14. The van der Waals surface area contributed by atoms with Crippen molar-refractivity contribution in [1.29, 1.82) is 0 Å². The summed E-state index contributed by atoms with van der Waals surface area (Å²) < 4.78 is 31.9. The number of nitrogens with two attached hydrogens (primary N) is 1. The van der Waals surface area contributed by atoms with Crippen LogP contribution >= 0.6 is 15.9 Å². The summed E-state index contributed by atoms with van der Waals surface area (Å²) >= 11 is 3.14. The number of hydrogen-bond acceptors (Lipinski definition) is 4. The molecule has 1 saturated heterocycles. The van der Waals surface area contributed by atoms with Crippen LogP contribution in [0, 0.1) is 11.8 Å². The topological polar surface area (TPSA) is 76.5 Å². The second-order valence-corrected chi connectivity index (χ2v) is 7.46. The second kappa shape index (κ2) is 4.96. The van der Waals surface area contributed by atoms with Gasteiger partial charge < -0.3 is 10.2 Å². The van der Waals surface area contributed by atoms with Crippen LogP contribution < -0.4 is 5.73 Å². The largest absolute Gasteiger partial charge is 0.452 e. The van der Waals surface area contributed by atoms with Gasteiger partial charge in [-0.2, -0.15) is 4.31 Å². The highest BCUT2D eigenvalue weighted by atomic mass is 79.9. The third kappa shape index (κ3) is 2.36. The highest BCUT2D eigenvalue weighted by Gasteiger charge is 2.37. The molecule has 7 heteroatoms. The number of halogens is 1. The molecule has 0 radical (unpaired) electrons. The Morgan fingerprint density at radius 2 is 2.00 bits per heavy atom. The minimum absolute atomic E-state index is 0.171. The number of hydrogen-bond donors (Lipinski definition) is 1. The van der Waals surface area contributed by atoms with Crippen LogP contribution in [0.25, 0.3) is 0 Å². The lowest BCUT2D eigenvalue weighted by Crippen LogP contribution is -2.29. The number of nitrogens with zero attached hydrogens (tertiary/aromatic N) is 1. The molecule has 0 amide bonds. The summed E-state index contributed by atoms with van der Waals surface area (Å²) in [4.78, 5) is 0.171. The molecule has 1 aliphatic rings. The van der Waals surface area contributed by atoms with E-state index in [-0.39, 0.29) is 16.1 Å². The van der Waals surface area contributed by atoms with Crippen molar-refractivity contribution < 1.29 is 12.8 Å². The van der Waals surface area contributed by atoms with Crippen LogP contribution in [-0.2, 0) is 16.6 Å². The van der Waals surface area contributed by atoms with E-state index in [1.165, 1.54) is 10.4 Å². The predicted octanol–water partition coefficient (Wildman–Crippen LogP) is 1.78. The van der Waals surface area contributed by atoms with Gasteiger partial charge in [-0.1, -0.05) is 13.8 Å². The molecule has 0 bridgehead atoms. The maximum atomic E-state index is 12.5. The van der Waals surface area contributed by atoms with Gasteiger partial charge in [-0.15, -0.1) is 0 Å². The van der Waals surface area contributed by atoms with Crippen molar-refractivity contribution >= 4 is 26.0 Å². The fraction of sp³-hybridized carbons (Fsp3) is 0.636. The number of sulfonamides is 1. The van der Waals surface area contributed by atoms with Crippen molar-refractivity contribution in [2.45, 2.75) is 25.3 Å². The summed E-state index contributed by atoms with van der Waals surface area (Å²) in [5.74, 6) is 1.21. The van der Waals surface area contributed by atoms with Crippen LogP contribution in [0.15, 0.2) is 20.0 Å². The van der Waals surface area contributed by atoms with Gasteiger partial charge in [-0.25, -0.2) is 8.42 Å². The zero-order valence-electron chi connectivity index (χ0n) is 10.4. The van der Waals surface area contributed by atoms with Crippen molar-refractivity contribution in [3.05, 3.63) is 16.5 Å². The summed E-state index contributed by atoms with van der Waals surface area (Å²) in [7, 11) is -3.49. The minimum atomic E-state index is -3.49. The van der Waals surface area contributed by atoms with Crippen LogP contribution in [0.3, 0.4) is 0 Å². The molecule has 2 unspecified atom stereocenters. The van der Waals surface area contributed by atoms with Crippen LogP contribution in [-0.4, -0.2) is 25.8 Å². The minimum Gasteiger partial charge on any atom is -0.452 e. The summed E-state index contributed by atoms with van der Waals surface area (Å²) in [5, 5.41) is 0. The lowest BCUT2D eigenvalue weighted by molar-refractivity contribution is 0.455. The average Bonchev–Trinajstić information content (AvgIpc) is 2.84. The summed E-state index contributed by atoms with van der Waals surface area (Å²) in [6.45, 7) is 5.42. The van der Waals surface area contributed by atoms with Gasteiger partial charge in [0.1, 0.15) is 10.7 Å². The van der Waals surface area contributed by atoms with Crippen molar-refractivity contribution in [3.8, 4) is 0 Å². The van der Waals surface area contributed by atoms with Crippen LogP contribution in [0.5, 0.6) is 0 Å². The van der Waals surface area contributed by atoms with E-state index in [0.29, 0.717) is 30.7 Å². The number of rotatable bonds is 3. The SMILES string of the molecule is CC1CN(S(=O)(=O)c2cc(CN)oc2Br)CC1C. The smallest absolute Gasteiger partial charge is 0.247 e. The van der Waals surface area contributed by atoms with Crippen molar-refractivity contribution in [3.63, 3.8) is 0 Å². The zero-order chi connectivity index (χ0) is 13.5. The van der Waals surface area contributed by atoms with Gasteiger partial charge >= 0.3 is 0 Å². The Morgan fingerprint density at radius 3 is 2.44 bits per heavy atom. The van der Waals surface area contributed by atoms with E-state index in [0.717, 1.165) is 0 Å². The van der Waals surface area contributed by atoms with Gasteiger partial charge in [-0.3, -0.25) is 0 Å².